The topological polar surface area (TPSA) is 84.0 Å². The first-order valence-electron chi connectivity index (χ1n) is 6.44. The maximum atomic E-state index is 12.3. The van der Waals surface area contributed by atoms with E-state index in [-0.39, 0.29) is 6.54 Å². The number of hydrogen-bond acceptors (Lipinski definition) is 6. The van der Waals surface area contributed by atoms with Crippen LogP contribution in [-0.4, -0.2) is 25.4 Å². The number of hydrogen-bond donors (Lipinski definition) is 2. The third-order valence-electron chi connectivity index (χ3n) is 2.88. The average molecular weight is 326 g/mol. The third kappa shape index (κ3) is 4.07. The molecule has 2 N–H and O–H groups in total. The van der Waals surface area contributed by atoms with Crippen LogP contribution in [0, 0.1) is 13.8 Å². The second-order valence-electron chi connectivity index (χ2n) is 4.62. The molecule has 0 aliphatic rings. The number of rotatable bonds is 6. The molecule has 6 nitrogen and oxygen atoms in total. The Morgan fingerprint density at radius 2 is 2.05 bits per heavy atom. The first-order valence-corrected chi connectivity index (χ1v) is 8.74. The van der Waals surface area contributed by atoms with Crippen molar-refractivity contribution in [3.05, 3.63) is 40.3 Å². The van der Waals surface area contributed by atoms with Crippen molar-refractivity contribution in [1.82, 2.24) is 20.0 Å². The molecule has 0 bridgehead atoms. The number of nitrogens with zero attached hydrogens (tertiary/aromatic N) is 2. The Bertz CT molecular complexity index is 726. The summed E-state index contributed by atoms with van der Waals surface area (Å²) in [4.78, 5) is 9.19. The highest BCUT2D eigenvalue weighted by molar-refractivity contribution is 7.91. The van der Waals surface area contributed by atoms with Crippen LogP contribution in [0.2, 0.25) is 0 Å². The fourth-order valence-corrected chi connectivity index (χ4v) is 4.45. The predicted octanol–water partition coefficient (Wildman–Crippen LogP) is 1.35. The van der Waals surface area contributed by atoms with Crippen molar-refractivity contribution in [3.63, 3.8) is 0 Å². The Morgan fingerprint density at radius 3 is 2.71 bits per heavy atom. The van der Waals surface area contributed by atoms with E-state index in [4.69, 9.17) is 0 Å². The lowest BCUT2D eigenvalue weighted by Gasteiger charge is -2.04. The Balaban J connectivity index is 2.13. The Hall–Kier alpha value is -1.35. The summed E-state index contributed by atoms with van der Waals surface area (Å²) in [5, 5.41) is 3.03. The molecule has 21 heavy (non-hydrogen) atoms. The van der Waals surface area contributed by atoms with Crippen LogP contribution in [-0.2, 0) is 23.1 Å². The van der Waals surface area contributed by atoms with Crippen LogP contribution in [0.15, 0.2) is 22.5 Å². The molecule has 0 amide bonds. The van der Waals surface area contributed by atoms with E-state index in [2.05, 4.69) is 20.0 Å². The van der Waals surface area contributed by atoms with Gasteiger partial charge in [0, 0.05) is 17.6 Å². The van der Waals surface area contributed by atoms with Crippen molar-refractivity contribution in [2.75, 3.05) is 7.05 Å². The number of aryl methyl sites for hydroxylation is 2. The molecule has 0 spiro atoms. The summed E-state index contributed by atoms with van der Waals surface area (Å²) in [7, 11) is -1.67. The van der Waals surface area contributed by atoms with E-state index in [0.29, 0.717) is 22.3 Å². The lowest BCUT2D eigenvalue weighted by molar-refractivity contribution is 0.582. The molecule has 0 unspecified atom stereocenters. The lowest BCUT2D eigenvalue weighted by atomic mass is 10.3. The van der Waals surface area contributed by atoms with E-state index in [1.54, 1.807) is 25.3 Å². The van der Waals surface area contributed by atoms with Gasteiger partial charge in [0.05, 0.1) is 12.2 Å². The van der Waals surface area contributed by atoms with E-state index < -0.39 is 10.0 Å². The lowest BCUT2D eigenvalue weighted by Crippen LogP contribution is -2.23. The molecule has 8 heteroatoms. The van der Waals surface area contributed by atoms with Gasteiger partial charge >= 0.3 is 0 Å². The molecule has 2 heterocycles. The van der Waals surface area contributed by atoms with E-state index in [1.165, 1.54) is 11.3 Å². The fourth-order valence-electron chi connectivity index (χ4n) is 1.80. The van der Waals surface area contributed by atoms with Gasteiger partial charge in [-0.25, -0.2) is 23.1 Å². The van der Waals surface area contributed by atoms with Gasteiger partial charge in [0.1, 0.15) is 10.0 Å². The number of nitrogens with one attached hydrogen (secondary N) is 2. The summed E-state index contributed by atoms with van der Waals surface area (Å²) in [5.74, 6) is 0.620. The third-order valence-corrected chi connectivity index (χ3v) is 5.99. The average Bonchev–Trinajstić information content (AvgIpc) is 2.80. The van der Waals surface area contributed by atoms with Gasteiger partial charge in [0.25, 0.3) is 0 Å². The standard InChI is InChI=1S/C13H18N4O2S2/c1-9-6-13(20-12(9)8-14-3)21(18,19)16-7-11-4-5-15-10(2)17-11/h4-6,14,16H,7-8H2,1-3H3. The van der Waals surface area contributed by atoms with Crippen LogP contribution in [0.1, 0.15) is 22.0 Å². The Labute approximate surface area is 128 Å². The predicted molar refractivity (Wildman–Crippen MR) is 82.6 cm³/mol. The Morgan fingerprint density at radius 1 is 1.29 bits per heavy atom. The van der Waals surface area contributed by atoms with Crippen molar-refractivity contribution >= 4 is 21.4 Å². The SMILES string of the molecule is CNCc1sc(S(=O)(=O)NCc2ccnc(C)n2)cc1C. The minimum absolute atomic E-state index is 0.157. The van der Waals surface area contributed by atoms with Crippen LogP contribution in [0.3, 0.4) is 0 Å². The molecule has 2 rings (SSSR count). The van der Waals surface area contributed by atoms with E-state index in [0.717, 1.165) is 10.4 Å². The van der Waals surface area contributed by atoms with Crippen LogP contribution in [0.5, 0.6) is 0 Å². The van der Waals surface area contributed by atoms with Crippen LogP contribution in [0.25, 0.3) is 0 Å². The second-order valence-corrected chi connectivity index (χ2v) is 7.75. The number of thiophene rings is 1. The Kier molecular flexibility index (Phi) is 5.04. The highest BCUT2D eigenvalue weighted by atomic mass is 32.2. The van der Waals surface area contributed by atoms with E-state index in [1.807, 2.05) is 14.0 Å². The number of aromatic nitrogens is 2. The molecule has 0 aromatic carbocycles. The van der Waals surface area contributed by atoms with E-state index >= 15 is 0 Å². The molecule has 0 saturated carbocycles. The summed E-state index contributed by atoms with van der Waals surface area (Å²) in [5.41, 5.74) is 1.63. The normalized spacial score (nSPS) is 11.8. The molecule has 0 aliphatic heterocycles. The first kappa shape index (κ1) is 16.0. The molecule has 0 atom stereocenters. The summed E-state index contributed by atoms with van der Waals surface area (Å²) in [6, 6.07) is 3.40. The zero-order chi connectivity index (χ0) is 15.5. The van der Waals surface area contributed by atoms with Crippen molar-refractivity contribution in [2.45, 2.75) is 31.1 Å². The summed E-state index contributed by atoms with van der Waals surface area (Å²) in [6.45, 7) is 4.50. The maximum Gasteiger partial charge on any atom is 0.250 e. The molecular formula is C13H18N4O2S2. The van der Waals surface area contributed by atoms with Crippen LogP contribution >= 0.6 is 11.3 Å². The smallest absolute Gasteiger partial charge is 0.250 e. The molecule has 2 aromatic rings. The molecule has 0 saturated heterocycles. The first-order chi connectivity index (χ1) is 9.92. The minimum atomic E-state index is -3.51. The van der Waals surface area contributed by atoms with Gasteiger partial charge in [0.2, 0.25) is 10.0 Å². The second kappa shape index (κ2) is 6.61. The van der Waals surface area contributed by atoms with Gasteiger partial charge in [-0.15, -0.1) is 11.3 Å². The van der Waals surface area contributed by atoms with Gasteiger partial charge in [-0.05, 0) is 38.6 Å². The number of sulfonamides is 1. The quantitative estimate of drug-likeness (QED) is 0.837. The molecule has 2 aromatic heterocycles. The zero-order valence-electron chi connectivity index (χ0n) is 12.2. The maximum absolute atomic E-state index is 12.3. The van der Waals surface area contributed by atoms with Crippen molar-refractivity contribution in [2.24, 2.45) is 0 Å². The zero-order valence-corrected chi connectivity index (χ0v) is 13.8. The van der Waals surface area contributed by atoms with Crippen molar-refractivity contribution in [3.8, 4) is 0 Å². The fraction of sp³-hybridized carbons (Fsp3) is 0.385. The molecule has 0 fully saturated rings. The van der Waals surface area contributed by atoms with Gasteiger partial charge in [-0.3, -0.25) is 0 Å². The van der Waals surface area contributed by atoms with Crippen molar-refractivity contribution < 1.29 is 8.42 Å². The van der Waals surface area contributed by atoms with Gasteiger partial charge in [-0.1, -0.05) is 0 Å². The monoisotopic (exact) mass is 326 g/mol. The highest BCUT2D eigenvalue weighted by Gasteiger charge is 2.18. The van der Waals surface area contributed by atoms with Crippen LogP contribution < -0.4 is 10.0 Å². The largest absolute Gasteiger partial charge is 0.315 e. The molecule has 114 valence electrons. The minimum Gasteiger partial charge on any atom is -0.315 e. The van der Waals surface area contributed by atoms with Gasteiger partial charge in [0.15, 0.2) is 0 Å². The van der Waals surface area contributed by atoms with Gasteiger partial charge in [-0.2, -0.15) is 0 Å². The van der Waals surface area contributed by atoms with Crippen LogP contribution in [0.4, 0.5) is 0 Å². The molecular weight excluding hydrogens is 308 g/mol. The highest BCUT2D eigenvalue weighted by Crippen LogP contribution is 2.25. The van der Waals surface area contributed by atoms with Crippen molar-refractivity contribution in [1.29, 1.82) is 0 Å². The summed E-state index contributed by atoms with van der Waals surface area (Å²) >= 11 is 1.28. The molecule has 0 radical (unpaired) electrons. The summed E-state index contributed by atoms with van der Waals surface area (Å²) < 4.78 is 27.5. The molecule has 0 aliphatic carbocycles. The van der Waals surface area contributed by atoms with E-state index in [9.17, 15) is 8.42 Å². The summed E-state index contributed by atoms with van der Waals surface area (Å²) in [6.07, 6.45) is 1.62. The van der Waals surface area contributed by atoms with Gasteiger partial charge < -0.3 is 5.32 Å².